The average Bonchev–Trinajstić information content (AvgIpc) is 2.98. The van der Waals surface area contributed by atoms with Crippen molar-refractivity contribution in [2.45, 2.75) is 18.9 Å². The van der Waals surface area contributed by atoms with Crippen molar-refractivity contribution >= 4 is 15.5 Å². The molecule has 1 fully saturated rings. The molecule has 0 aromatic carbocycles. The third-order valence-corrected chi connectivity index (χ3v) is 5.42. The summed E-state index contributed by atoms with van der Waals surface area (Å²) in [5.41, 5.74) is 6.44. The molecular weight excluding hydrogens is 266 g/mol. The highest BCUT2D eigenvalue weighted by Gasteiger charge is 2.41. The van der Waals surface area contributed by atoms with Crippen molar-refractivity contribution in [3.05, 3.63) is 24.6 Å². The fourth-order valence-electron chi connectivity index (χ4n) is 2.44. The Kier molecular flexibility index (Phi) is 2.50. The molecule has 7 heteroatoms. The third kappa shape index (κ3) is 2.03. The first-order chi connectivity index (χ1) is 8.90. The zero-order valence-electron chi connectivity index (χ0n) is 10.5. The maximum Gasteiger partial charge on any atom is 0.156 e. The van der Waals surface area contributed by atoms with Crippen molar-refractivity contribution in [1.29, 1.82) is 0 Å². The molecule has 0 bridgehead atoms. The van der Waals surface area contributed by atoms with Gasteiger partial charge in [0.05, 0.1) is 29.0 Å². The average molecular weight is 281 g/mol. The van der Waals surface area contributed by atoms with Crippen LogP contribution >= 0.6 is 0 Å². The number of aromatic nitrogens is 2. The monoisotopic (exact) mass is 281 g/mol. The van der Waals surface area contributed by atoms with Crippen molar-refractivity contribution in [1.82, 2.24) is 9.78 Å². The van der Waals surface area contributed by atoms with E-state index < -0.39 is 15.4 Å². The number of rotatable bonds is 2. The molecule has 2 aromatic heterocycles. The van der Waals surface area contributed by atoms with E-state index in [0.717, 1.165) is 0 Å². The fraction of sp³-hybridized carbons (Fsp3) is 0.417. The van der Waals surface area contributed by atoms with Crippen LogP contribution in [0.5, 0.6) is 0 Å². The van der Waals surface area contributed by atoms with Crippen LogP contribution in [-0.4, -0.2) is 29.7 Å². The Labute approximate surface area is 111 Å². The van der Waals surface area contributed by atoms with E-state index in [-0.39, 0.29) is 11.5 Å². The molecule has 1 saturated heterocycles. The van der Waals surface area contributed by atoms with Crippen LogP contribution in [0, 0.1) is 0 Å². The summed E-state index contributed by atoms with van der Waals surface area (Å²) in [7, 11) is -2.98. The molecule has 3 rings (SSSR count). The van der Waals surface area contributed by atoms with Crippen molar-refractivity contribution in [3.8, 4) is 11.5 Å². The van der Waals surface area contributed by atoms with E-state index in [1.807, 2.05) is 6.92 Å². The second-order valence-corrected chi connectivity index (χ2v) is 7.38. The number of furan rings is 1. The number of anilines is 1. The van der Waals surface area contributed by atoms with Crippen LogP contribution < -0.4 is 5.73 Å². The van der Waals surface area contributed by atoms with E-state index in [9.17, 15) is 8.42 Å². The van der Waals surface area contributed by atoms with Crippen LogP contribution in [0.1, 0.15) is 13.3 Å². The predicted octanol–water partition coefficient (Wildman–Crippen LogP) is 1.26. The Morgan fingerprint density at radius 1 is 1.53 bits per heavy atom. The summed E-state index contributed by atoms with van der Waals surface area (Å²) in [4.78, 5) is 0. The lowest BCUT2D eigenvalue weighted by atomic mass is 10.0. The molecule has 1 aliphatic rings. The van der Waals surface area contributed by atoms with Crippen molar-refractivity contribution in [2.75, 3.05) is 17.2 Å². The van der Waals surface area contributed by atoms with Gasteiger partial charge in [0.15, 0.2) is 21.3 Å². The zero-order chi connectivity index (χ0) is 13.7. The maximum atomic E-state index is 11.6. The van der Waals surface area contributed by atoms with Crippen LogP contribution in [0.2, 0.25) is 0 Å². The fourth-order valence-corrected chi connectivity index (χ4v) is 4.56. The summed E-state index contributed by atoms with van der Waals surface area (Å²) in [6.07, 6.45) is 3.78. The summed E-state index contributed by atoms with van der Waals surface area (Å²) in [5, 5.41) is 4.41. The number of nitrogens with two attached hydrogens (primary N) is 1. The Hall–Kier alpha value is -1.76. The van der Waals surface area contributed by atoms with Gasteiger partial charge in [-0.15, -0.1) is 0 Å². The first-order valence-electron chi connectivity index (χ1n) is 6.00. The topological polar surface area (TPSA) is 91.1 Å². The first kappa shape index (κ1) is 12.3. The maximum absolute atomic E-state index is 11.6. The van der Waals surface area contributed by atoms with Gasteiger partial charge in [-0.1, -0.05) is 0 Å². The largest absolute Gasteiger partial charge is 0.463 e. The number of nitrogens with zero attached hydrogens (tertiary/aromatic N) is 2. The van der Waals surface area contributed by atoms with E-state index >= 15 is 0 Å². The predicted molar refractivity (Wildman–Crippen MR) is 71.3 cm³/mol. The molecule has 0 radical (unpaired) electrons. The molecule has 6 nitrogen and oxygen atoms in total. The third-order valence-electron chi connectivity index (χ3n) is 3.53. The molecule has 19 heavy (non-hydrogen) atoms. The normalized spacial score (nSPS) is 25.7. The van der Waals surface area contributed by atoms with Gasteiger partial charge in [0.25, 0.3) is 0 Å². The lowest BCUT2D eigenvalue weighted by molar-refractivity contribution is 0.329. The summed E-state index contributed by atoms with van der Waals surface area (Å²) in [5.74, 6) is 0.874. The lowest BCUT2D eigenvalue weighted by Crippen LogP contribution is -2.31. The molecule has 102 valence electrons. The lowest BCUT2D eigenvalue weighted by Gasteiger charge is -2.22. The van der Waals surface area contributed by atoms with Gasteiger partial charge in [-0.2, -0.15) is 5.10 Å². The van der Waals surface area contributed by atoms with Crippen LogP contribution in [0.4, 0.5) is 5.69 Å². The smallest absolute Gasteiger partial charge is 0.156 e. The van der Waals surface area contributed by atoms with Crippen LogP contribution in [0.3, 0.4) is 0 Å². The quantitative estimate of drug-likeness (QED) is 0.894. The molecule has 1 atom stereocenters. The van der Waals surface area contributed by atoms with E-state index in [1.54, 1.807) is 29.3 Å². The van der Waals surface area contributed by atoms with Gasteiger partial charge in [-0.05, 0) is 25.5 Å². The van der Waals surface area contributed by atoms with Crippen molar-refractivity contribution in [3.63, 3.8) is 0 Å². The molecule has 2 N–H and O–H groups in total. The minimum absolute atomic E-state index is 0.0959. The van der Waals surface area contributed by atoms with Gasteiger partial charge in [0.1, 0.15) is 0 Å². The highest BCUT2D eigenvalue weighted by molar-refractivity contribution is 7.91. The Morgan fingerprint density at radius 2 is 2.32 bits per heavy atom. The molecule has 1 aliphatic heterocycles. The number of hydrogen-bond acceptors (Lipinski definition) is 5. The summed E-state index contributed by atoms with van der Waals surface area (Å²) in [6, 6.07) is 3.53. The summed E-state index contributed by atoms with van der Waals surface area (Å²) < 4.78 is 30.2. The Bertz CT molecular complexity index is 703. The highest BCUT2D eigenvalue weighted by atomic mass is 32.2. The number of hydrogen-bond donors (Lipinski definition) is 1. The minimum Gasteiger partial charge on any atom is -0.463 e. The standard InChI is InChI=1S/C12H15N3O3S/c1-12(4-6-19(16,17)8-12)15-7-9(13)11(14-15)10-3-2-5-18-10/h2-3,5,7H,4,6,8,13H2,1H3. The number of sulfone groups is 1. The second kappa shape index (κ2) is 3.86. The van der Waals surface area contributed by atoms with Crippen LogP contribution in [0.25, 0.3) is 11.5 Å². The molecule has 0 saturated carbocycles. The molecule has 1 unspecified atom stereocenters. The molecule has 3 heterocycles. The van der Waals surface area contributed by atoms with Gasteiger partial charge >= 0.3 is 0 Å². The SMILES string of the molecule is CC1(n2cc(N)c(-c3ccco3)n2)CCS(=O)(=O)C1. The van der Waals surface area contributed by atoms with Gasteiger partial charge in [0.2, 0.25) is 0 Å². The molecule has 2 aromatic rings. The minimum atomic E-state index is -2.98. The molecular formula is C12H15N3O3S. The van der Waals surface area contributed by atoms with E-state index in [2.05, 4.69) is 5.10 Å². The Morgan fingerprint density at radius 3 is 2.89 bits per heavy atom. The van der Waals surface area contributed by atoms with Gasteiger partial charge in [0, 0.05) is 6.20 Å². The zero-order valence-corrected chi connectivity index (χ0v) is 11.4. The van der Waals surface area contributed by atoms with E-state index in [1.165, 1.54) is 0 Å². The van der Waals surface area contributed by atoms with E-state index in [4.69, 9.17) is 10.2 Å². The van der Waals surface area contributed by atoms with E-state index in [0.29, 0.717) is 23.6 Å². The number of nitrogen functional groups attached to an aromatic ring is 1. The molecule has 0 amide bonds. The van der Waals surface area contributed by atoms with Crippen molar-refractivity contribution < 1.29 is 12.8 Å². The van der Waals surface area contributed by atoms with Gasteiger partial charge in [-0.25, -0.2) is 8.42 Å². The highest BCUT2D eigenvalue weighted by Crippen LogP contribution is 2.33. The van der Waals surface area contributed by atoms with Crippen molar-refractivity contribution in [2.24, 2.45) is 0 Å². The summed E-state index contributed by atoms with van der Waals surface area (Å²) in [6.45, 7) is 1.88. The summed E-state index contributed by atoms with van der Waals surface area (Å²) >= 11 is 0. The second-order valence-electron chi connectivity index (χ2n) is 5.19. The Balaban J connectivity index is 2.02. The van der Waals surface area contributed by atoms with Crippen LogP contribution in [-0.2, 0) is 15.4 Å². The van der Waals surface area contributed by atoms with Gasteiger partial charge < -0.3 is 10.2 Å². The first-order valence-corrected chi connectivity index (χ1v) is 7.82. The molecule has 0 aliphatic carbocycles. The van der Waals surface area contributed by atoms with Gasteiger partial charge in [-0.3, -0.25) is 4.68 Å². The van der Waals surface area contributed by atoms with Crippen LogP contribution in [0.15, 0.2) is 29.0 Å². The molecule has 0 spiro atoms.